The third kappa shape index (κ3) is 4.24. The second-order valence-corrected chi connectivity index (χ2v) is 10.8. The van der Waals surface area contributed by atoms with Crippen LogP contribution in [0.3, 0.4) is 0 Å². The molecule has 0 fully saturated rings. The van der Waals surface area contributed by atoms with Crippen LogP contribution in [0, 0.1) is 0 Å². The number of benzene rings is 8. The molecule has 0 unspecified atom stereocenters. The molecule has 0 atom stereocenters. The highest BCUT2D eigenvalue weighted by Gasteiger charge is 2.18. The van der Waals surface area contributed by atoms with Crippen molar-refractivity contribution in [2.75, 3.05) is 0 Å². The Morgan fingerprint density at radius 3 is 1.22 bits per heavy atom. The summed E-state index contributed by atoms with van der Waals surface area (Å²) in [4.78, 5) is 0. The molecule has 0 saturated carbocycles. The van der Waals surface area contributed by atoms with Crippen molar-refractivity contribution in [2.24, 2.45) is 0 Å². The standard InChI is InChI=1S/C44H28O/c1-3-11-29(12-4-1)31-19-21-32(22-20-31)43-37-15-7-9-17-39(37)44(40-18-10-8-16-38(40)43)34-24-26-36-35-25-23-33(30-13-5-2-6-14-30)27-41(35)45-42(36)28-34/h1-28H/i19D,20D,21D,22D,23D,24D,25D,26D,27D,28D. The van der Waals surface area contributed by atoms with Gasteiger partial charge in [0.05, 0.1) is 13.7 Å². The monoisotopic (exact) mass is 582 g/mol. The Bertz CT molecular complexity index is 3000. The van der Waals surface area contributed by atoms with Gasteiger partial charge in [-0.1, -0.05) is 145 Å². The zero-order chi connectivity index (χ0) is 38.4. The van der Waals surface area contributed by atoms with Crippen molar-refractivity contribution in [3.05, 3.63) is 170 Å². The van der Waals surface area contributed by atoms with Crippen molar-refractivity contribution < 1.29 is 18.1 Å². The zero-order valence-electron chi connectivity index (χ0n) is 33.8. The second kappa shape index (κ2) is 10.4. The normalized spacial score (nSPS) is 14.7. The van der Waals surface area contributed by atoms with E-state index in [1.165, 1.54) is 0 Å². The van der Waals surface area contributed by atoms with Gasteiger partial charge in [-0.3, -0.25) is 0 Å². The molecule has 0 aliphatic rings. The van der Waals surface area contributed by atoms with E-state index in [0.717, 1.165) is 0 Å². The van der Waals surface area contributed by atoms with Crippen LogP contribution < -0.4 is 0 Å². The Morgan fingerprint density at radius 2 is 0.689 bits per heavy atom. The topological polar surface area (TPSA) is 13.1 Å². The molecule has 8 aromatic carbocycles. The fraction of sp³-hybridized carbons (Fsp3) is 0. The predicted molar refractivity (Wildman–Crippen MR) is 190 cm³/mol. The van der Waals surface area contributed by atoms with Gasteiger partial charge in [-0.25, -0.2) is 0 Å². The van der Waals surface area contributed by atoms with E-state index in [1.54, 1.807) is 72.8 Å². The minimum Gasteiger partial charge on any atom is -0.456 e. The molecular weight excluding hydrogens is 544 g/mol. The number of rotatable bonds is 4. The lowest BCUT2D eigenvalue weighted by Gasteiger charge is -2.18. The zero-order valence-corrected chi connectivity index (χ0v) is 23.8. The summed E-state index contributed by atoms with van der Waals surface area (Å²) in [6, 6.07) is 30.0. The maximum absolute atomic E-state index is 9.58. The van der Waals surface area contributed by atoms with Gasteiger partial charge in [-0.15, -0.1) is 0 Å². The molecule has 1 heteroatoms. The van der Waals surface area contributed by atoms with Crippen molar-refractivity contribution in [3.8, 4) is 44.5 Å². The molecule has 0 saturated heterocycles. The Balaban J connectivity index is 1.38. The van der Waals surface area contributed by atoms with Crippen LogP contribution >= 0.6 is 0 Å². The molecule has 0 aliphatic carbocycles. The maximum atomic E-state index is 9.58. The summed E-state index contributed by atoms with van der Waals surface area (Å²) in [7, 11) is 0. The molecular formula is C44H28O. The molecule has 0 amide bonds. The number of furan rings is 1. The van der Waals surface area contributed by atoms with E-state index in [0.29, 0.717) is 43.8 Å². The second-order valence-electron chi connectivity index (χ2n) is 10.8. The predicted octanol–water partition coefficient (Wildman–Crippen LogP) is 12.6. The SMILES string of the molecule is [2H]c1c([2H])c(-c2c3ccccc3c(-c3c([2H])c([2H])c4c(oc5c([2H])c(-c6ccccc6)c([2H])c([2H])c54)c3[2H])c3ccccc23)c([2H])c([2H])c1-c1ccccc1. The summed E-state index contributed by atoms with van der Waals surface area (Å²) in [5.74, 6) is 0. The summed E-state index contributed by atoms with van der Waals surface area (Å²) in [5, 5.41) is 2.29. The van der Waals surface area contributed by atoms with Crippen LogP contribution in [0.4, 0.5) is 0 Å². The van der Waals surface area contributed by atoms with Gasteiger partial charge in [0.15, 0.2) is 0 Å². The summed E-state index contributed by atoms with van der Waals surface area (Å²) in [6.07, 6.45) is 0. The lowest BCUT2D eigenvalue weighted by atomic mass is 9.85. The minimum atomic E-state index is -0.312. The summed E-state index contributed by atoms with van der Waals surface area (Å²) in [5.41, 5.74) is 2.51. The summed E-state index contributed by atoms with van der Waals surface area (Å²) in [6.45, 7) is 0. The van der Waals surface area contributed by atoms with E-state index < -0.39 is 0 Å². The lowest BCUT2D eigenvalue weighted by molar-refractivity contribution is 0.669. The first kappa shape index (κ1) is 17.4. The summed E-state index contributed by atoms with van der Waals surface area (Å²) < 4.78 is 98.1. The van der Waals surface area contributed by atoms with E-state index in [4.69, 9.17) is 11.3 Å². The first-order chi connectivity index (χ1) is 26.5. The largest absolute Gasteiger partial charge is 0.456 e. The van der Waals surface area contributed by atoms with Gasteiger partial charge < -0.3 is 4.42 Å². The molecule has 1 heterocycles. The molecule has 45 heavy (non-hydrogen) atoms. The molecule has 9 rings (SSSR count). The molecule has 1 aromatic heterocycles. The van der Waals surface area contributed by atoms with Gasteiger partial charge in [0.1, 0.15) is 11.2 Å². The highest BCUT2D eigenvalue weighted by molar-refractivity contribution is 6.22. The van der Waals surface area contributed by atoms with Crippen LogP contribution in [0.1, 0.15) is 13.7 Å². The van der Waals surface area contributed by atoms with Crippen molar-refractivity contribution in [2.45, 2.75) is 0 Å². The van der Waals surface area contributed by atoms with Gasteiger partial charge in [0.25, 0.3) is 0 Å². The van der Waals surface area contributed by atoms with E-state index in [9.17, 15) is 6.85 Å². The minimum absolute atomic E-state index is 0.0211. The van der Waals surface area contributed by atoms with E-state index >= 15 is 0 Å². The fourth-order valence-corrected chi connectivity index (χ4v) is 6.11. The first-order valence-electron chi connectivity index (χ1n) is 19.6. The molecule has 210 valence electrons. The third-order valence-electron chi connectivity index (χ3n) is 8.19. The van der Waals surface area contributed by atoms with Crippen molar-refractivity contribution in [1.29, 1.82) is 0 Å². The van der Waals surface area contributed by atoms with Crippen LogP contribution in [-0.2, 0) is 0 Å². The van der Waals surface area contributed by atoms with Crippen LogP contribution in [0.5, 0.6) is 0 Å². The molecule has 0 bridgehead atoms. The van der Waals surface area contributed by atoms with E-state index in [1.807, 2.05) is 36.4 Å². The molecule has 0 N–H and O–H groups in total. The first-order valence-corrected chi connectivity index (χ1v) is 14.6. The molecule has 1 nitrogen and oxygen atoms in total. The Hall–Kier alpha value is -5.92. The van der Waals surface area contributed by atoms with Crippen LogP contribution in [0.25, 0.3) is 88.0 Å². The molecule has 0 aliphatic heterocycles. The highest BCUT2D eigenvalue weighted by atomic mass is 16.3. The van der Waals surface area contributed by atoms with Crippen LogP contribution in [0.15, 0.2) is 174 Å². The Kier molecular flexibility index (Phi) is 4.01. The Morgan fingerprint density at radius 1 is 0.311 bits per heavy atom. The highest BCUT2D eigenvalue weighted by Crippen LogP contribution is 2.45. The quantitative estimate of drug-likeness (QED) is 0.188. The van der Waals surface area contributed by atoms with Crippen molar-refractivity contribution in [1.82, 2.24) is 0 Å². The number of hydrogen-bond donors (Lipinski definition) is 0. The van der Waals surface area contributed by atoms with Gasteiger partial charge in [0, 0.05) is 10.8 Å². The smallest absolute Gasteiger partial charge is 0.136 e. The van der Waals surface area contributed by atoms with Gasteiger partial charge in [-0.2, -0.15) is 0 Å². The maximum Gasteiger partial charge on any atom is 0.136 e. The molecule has 9 aromatic rings. The van der Waals surface area contributed by atoms with E-state index in [2.05, 4.69) is 0 Å². The van der Waals surface area contributed by atoms with Crippen LogP contribution in [-0.4, -0.2) is 0 Å². The van der Waals surface area contributed by atoms with Gasteiger partial charge in [0.2, 0.25) is 0 Å². The third-order valence-corrected chi connectivity index (χ3v) is 8.19. The number of fused-ring (bicyclic) bond motifs is 5. The van der Waals surface area contributed by atoms with Crippen LogP contribution in [0.2, 0.25) is 0 Å². The molecule has 0 spiro atoms. The average Bonchev–Trinajstić information content (AvgIpc) is 3.62. The van der Waals surface area contributed by atoms with E-state index in [-0.39, 0.29) is 105 Å². The average molecular weight is 583 g/mol. The summed E-state index contributed by atoms with van der Waals surface area (Å²) >= 11 is 0. The van der Waals surface area contributed by atoms with Gasteiger partial charge >= 0.3 is 0 Å². The van der Waals surface area contributed by atoms with Crippen molar-refractivity contribution in [3.63, 3.8) is 0 Å². The van der Waals surface area contributed by atoms with Crippen molar-refractivity contribution >= 4 is 43.5 Å². The number of hydrogen-bond acceptors (Lipinski definition) is 1. The lowest BCUT2D eigenvalue weighted by Crippen LogP contribution is -1.91. The Labute approximate surface area is 275 Å². The van der Waals surface area contributed by atoms with Gasteiger partial charge in [-0.05, 0) is 90.2 Å². The molecule has 0 radical (unpaired) electrons. The fourth-order valence-electron chi connectivity index (χ4n) is 6.11.